The number of hydrogen-bond donors (Lipinski definition) is 0. The van der Waals surface area contributed by atoms with Gasteiger partial charge in [-0.2, -0.15) is 0 Å². The van der Waals surface area contributed by atoms with Crippen molar-refractivity contribution in [3.63, 3.8) is 0 Å². The molecule has 0 unspecified atom stereocenters. The van der Waals surface area contributed by atoms with Crippen LogP contribution in [0.4, 0.5) is 0 Å². The minimum Gasteiger partial charge on any atom is -0.422 e. The fourth-order valence-electron chi connectivity index (χ4n) is 2.80. The Kier molecular flexibility index (Phi) is 4.09. The molecule has 1 saturated carbocycles. The topological polar surface area (TPSA) is 81.4 Å². The second kappa shape index (κ2) is 6.25. The van der Waals surface area contributed by atoms with Gasteiger partial charge in [0.15, 0.2) is 6.10 Å². The first kappa shape index (κ1) is 15.7. The molecular formula is C16H20N4O3S. The fraction of sp³-hybridized carbons (Fsp3) is 0.625. The average molecular weight is 348 g/mol. The summed E-state index contributed by atoms with van der Waals surface area (Å²) in [5.74, 6) is 1.72. The number of nitrogens with zero attached hydrogens (tertiary/aromatic N) is 4. The van der Waals surface area contributed by atoms with Crippen LogP contribution in [-0.2, 0) is 4.74 Å². The molecule has 2 aromatic rings. The Hall–Kier alpha value is -1.80. The van der Waals surface area contributed by atoms with Crippen LogP contribution in [0.1, 0.15) is 71.8 Å². The molecule has 1 amide bonds. The Labute approximate surface area is 144 Å². The van der Waals surface area contributed by atoms with Crippen molar-refractivity contribution in [2.45, 2.75) is 44.6 Å². The summed E-state index contributed by atoms with van der Waals surface area (Å²) in [5, 5.41) is 8.13. The predicted molar refractivity (Wildman–Crippen MR) is 87.1 cm³/mol. The normalized spacial score (nSPS) is 21.5. The van der Waals surface area contributed by atoms with E-state index in [0.29, 0.717) is 37.4 Å². The van der Waals surface area contributed by atoms with E-state index in [4.69, 9.17) is 9.15 Å². The summed E-state index contributed by atoms with van der Waals surface area (Å²) in [4.78, 5) is 19.9. The van der Waals surface area contributed by atoms with Crippen LogP contribution in [0.2, 0.25) is 0 Å². The minimum atomic E-state index is -0.361. The number of amides is 1. The number of rotatable bonds is 4. The lowest BCUT2D eigenvalue weighted by Gasteiger charge is -2.31. The van der Waals surface area contributed by atoms with Crippen LogP contribution in [0.5, 0.6) is 0 Å². The SMILES string of the molecule is CC(C)c1nnc([C@H]2CN(C(=O)c3scnc3C3CC3)CCO2)o1. The van der Waals surface area contributed by atoms with Crippen LogP contribution >= 0.6 is 11.3 Å². The van der Waals surface area contributed by atoms with E-state index in [2.05, 4.69) is 15.2 Å². The molecule has 2 aromatic heterocycles. The van der Waals surface area contributed by atoms with E-state index in [1.165, 1.54) is 11.3 Å². The van der Waals surface area contributed by atoms with Crippen LogP contribution in [0.25, 0.3) is 0 Å². The highest BCUT2D eigenvalue weighted by atomic mass is 32.1. The van der Waals surface area contributed by atoms with Crippen molar-refractivity contribution in [3.8, 4) is 0 Å². The summed E-state index contributed by atoms with van der Waals surface area (Å²) in [5.41, 5.74) is 2.74. The van der Waals surface area contributed by atoms with Gasteiger partial charge in [0.1, 0.15) is 4.88 Å². The third-order valence-electron chi connectivity index (χ3n) is 4.33. The van der Waals surface area contributed by atoms with Crippen molar-refractivity contribution in [1.82, 2.24) is 20.1 Å². The van der Waals surface area contributed by atoms with Crippen molar-refractivity contribution in [3.05, 3.63) is 27.9 Å². The molecule has 1 atom stereocenters. The van der Waals surface area contributed by atoms with Crippen LogP contribution in [0.15, 0.2) is 9.93 Å². The predicted octanol–water partition coefficient (Wildman–Crippen LogP) is 2.74. The van der Waals surface area contributed by atoms with Crippen molar-refractivity contribution >= 4 is 17.2 Å². The van der Waals surface area contributed by atoms with E-state index in [0.717, 1.165) is 23.4 Å². The summed E-state index contributed by atoms with van der Waals surface area (Å²) in [6.07, 6.45) is 1.91. The van der Waals surface area contributed by atoms with E-state index in [1.54, 1.807) is 5.51 Å². The van der Waals surface area contributed by atoms with E-state index in [-0.39, 0.29) is 17.9 Å². The maximum atomic E-state index is 12.9. The Balaban J connectivity index is 1.49. The number of hydrogen-bond acceptors (Lipinski definition) is 7. The second-order valence-corrected chi connectivity index (χ2v) is 7.44. The summed E-state index contributed by atoms with van der Waals surface area (Å²) in [6, 6.07) is 0. The monoisotopic (exact) mass is 348 g/mol. The third-order valence-corrected chi connectivity index (χ3v) is 5.16. The Bertz CT molecular complexity index is 737. The minimum absolute atomic E-state index is 0.0382. The van der Waals surface area contributed by atoms with Gasteiger partial charge in [-0.15, -0.1) is 21.5 Å². The van der Waals surface area contributed by atoms with Crippen LogP contribution in [-0.4, -0.2) is 45.7 Å². The second-order valence-electron chi connectivity index (χ2n) is 6.58. The van der Waals surface area contributed by atoms with E-state index < -0.39 is 0 Å². The first-order valence-corrected chi connectivity index (χ1v) is 9.19. The lowest BCUT2D eigenvalue weighted by atomic mass is 10.2. The third kappa shape index (κ3) is 2.95. The molecule has 0 N–H and O–H groups in total. The molecule has 1 saturated heterocycles. The summed E-state index contributed by atoms with van der Waals surface area (Å²) in [7, 11) is 0. The van der Waals surface area contributed by atoms with Gasteiger partial charge in [0.25, 0.3) is 5.91 Å². The molecule has 7 nitrogen and oxygen atoms in total. The average Bonchev–Trinajstić information content (AvgIpc) is 3.13. The molecule has 4 rings (SSSR count). The summed E-state index contributed by atoms with van der Waals surface area (Å²) >= 11 is 1.43. The lowest BCUT2D eigenvalue weighted by molar-refractivity contribution is -0.0350. The van der Waals surface area contributed by atoms with Crippen molar-refractivity contribution in [1.29, 1.82) is 0 Å². The van der Waals surface area contributed by atoms with Gasteiger partial charge in [-0.25, -0.2) is 4.98 Å². The van der Waals surface area contributed by atoms with E-state index >= 15 is 0 Å². The Morgan fingerprint density at radius 3 is 2.92 bits per heavy atom. The molecule has 3 heterocycles. The Morgan fingerprint density at radius 2 is 2.21 bits per heavy atom. The molecule has 0 radical (unpaired) electrons. The van der Waals surface area contributed by atoms with Gasteiger partial charge in [0, 0.05) is 18.4 Å². The smallest absolute Gasteiger partial charge is 0.266 e. The van der Waals surface area contributed by atoms with Gasteiger partial charge in [-0.05, 0) is 12.8 Å². The molecule has 8 heteroatoms. The maximum Gasteiger partial charge on any atom is 0.266 e. The van der Waals surface area contributed by atoms with Crippen LogP contribution in [0.3, 0.4) is 0 Å². The molecule has 0 bridgehead atoms. The van der Waals surface area contributed by atoms with E-state index in [1.807, 2.05) is 18.7 Å². The zero-order valence-corrected chi connectivity index (χ0v) is 14.6. The van der Waals surface area contributed by atoms with Gasteiger partial charge in [0.05, 0.1) is 24.4 Å². The molecule has 128 valence electrons. The van der Waals surface area contributed by atoms with Gasteiger partial charge < -0.3 is 14.1 Å². The van der Waals surface area contributed by atoms with Gasteiger partial charge in [-0.1, -0.05) is 13.8 Å². The first-order valence-electron chi connectivity index (χ1n) is 8.31. The van der Waals surface area contributed by atoms with Gasteiger partial charge >= 0.3 is 0 Å². The Morgan fingerprint density at radius 1 is 1.38 bits per heavy atom. The summed E-state index contributed by atoms with van der Waals surface area (Å²) < 4.78 is 11.4. The maximum absolute atomic E-state index is 12.9. The zero-order valence-electron chi connectivity index (χ0n) is 13.8. The van der Waals surface area contributed by atoms with Crippen LogP contribution in [0, 0.1) is 0 Å². The molecule has 1 aliphatic heterocycles. The van der Waals surface area contributed by atoms with Crippen molar-refractivity contribution in [2.24, 2.45) is 0 Å². The van der Waals surface area contributed by atoms with Gasteiger partial charge in [0.2, 0.25) is 11.8 Å². The number of carbonyl (C=O) groups is 1. The van der Waals surface area contributed by atoms with Crippen molar-refractivity contribution in [2.75, 3.05) is 19.7 Å². The van der Waals surface area contributed by atoms with Crippen molar-refractivity contribution < 1.29 is 13.9 Å². The number of aromatic nitrogens is 3. The van der Waals surface area contributed by atoms with E-state index in [9.17, 15) is 4.79 Å². The number of morpholine rings is 1. The highest BCUT2D eigenvalue weighted by Crippen LogP contribution is 2.42. The molecule has 0 spiro atoms. The van der Waals surface area contributed by atoms with Gasteiger partial charge in [-0.3, -0.25) is 4.79 Å². The summed E-state index contributed by atoms with van der Waals surface area (Å²) in [6.45, 7) is 5.46. The molecule has 2 aliphatic rings. The fourth-order valence-corrected chi connectivity index (χ4v) is 3.64. The molecule has 24 heavy (non-hydrogen) atoms. The standard InChI is InChI=1S/C16H20N4O3S/c1-9(2)14-18-19-15(23-14)11-7-20(5-6-22-11)16(21)13-12(10-3-4-10)17-8-24-13/h8-11H,3-7H2,1-2H3/t11-/m1/s1. The quantitative estimate of drug-likeness (QED) is 0.845. The molecule has 1 aliphatic carbocycles. The molecule has 2 fully saturated rings. The number of ether oxygens (including phenoxy) is 1. The highest BCUT2D eigenvalue weighted by molar-refractivity contribution is 7.11. The highest BCUT2D eigenvalue weighted by Gasteiger charge is 2.35. The largest absolute Gasteiger partial charge is 0.422 e. The lowest BCUT2D eigenvalue weighted by Crippen LogP contribution is -2.42. The molecule has 0 aromatic carbocycles. The van der Waals surface area contributed by atoms with Crippen LogP contribution < -0.4 is 0 Å². The zero-order chi connectivity index (χ0) is 16.7. The first-order chi connectivity index (χ1) is 11.6. The number of carbonyl (C=O) groups excluding carboxylic acids is 1. The molecular weight excluding hydrogens is 328 g/mol. The number of thiazole rings is 1.